The highest BCUT2D eigenvalue weighted by atomic mass is 19.2. The second-order valence-electron chi connectivity index (χ2n) is 5.63. The maximum absolute atomic E-state index is 13.5. The average Bonchev–Trinajstić information content (AvgIpc) is 3.08. The standard InChI is InChI=1S/C18H12F3N3O5/c19-11-6-7-12(16(21)15(11)20)22-13(25)9-28-14(26)8-24-18(27)29-17(23-24)10-4-2-1-3-5-10/h1-7H,8-9H2,(H,22,25). The Labute approximate surface area is 160 Å². The zero-order valence-electron chi connectivity index (χ0n) is 14.5. The van der Waals surface area contributed by atoms with Crippen molar-refractivity contribution >= 4 is 17.6 Å². The van der Waals surface area contributed by atoms with Gasteiger partial charge in [-0.3, -0.25) is 9.59 Å². The number of amides is 1. The van der Waals surface area contributed by atoms with Crippen LogP contribution in [-0.2, 0) is 20.9 Å². The number of rotatable bonds is 6. The van der Waals surface area contributed by atoms with Gasteiger partial charge in [0.15, 0.2) is 24.1 Å². The van der Waals surface area contributed by atoms with Crippen LogP contribution < -0.4 is 11.1 Å². The van der Waals surface area contributed by atoms with E-state index in [0.717, 1.165) is 6.07 Å². The molecule has 1 N–H and O–H groups in total. The molecule has 11 heteroatoms. The highest BCUT2D eigenvalue weighted by molar-refractivity contribution is 5.92. The molecule has 1 heterocycles. The Hall–Kier alpha value is -3.89. The monoisotopic (exact) mass is 407 g/mol. The van der Waals surface area contributed by atoms with Gasteiger partial charge in [0.2, 0.25) is 5.89 Å². The molecule has 1 aromatic heterocycles. The Morgan fingerprint density at radius 2 is 1.79 bits per heavy atom. The smallest absolute Gasteiger partial charge is 0.437 e. The number of carbonyl (C=O) groups excluding carboxylic acids is 2. The fourth-order valence-corrected chi connectivity index (χ4v) is 2.23. The van der Waals surface area contributed by atoms with Crippen molar-refractivity contribution in [3.63, 3.8) is 0 Å². The van der Waals surface area contributed by atoms with E-state index < -0.39 is 53.9 Å². The van der Waals surface area contributed by atoms with Gasteiger partial charge < -0.3 is 14.5 Å². The molecule has 0 radical (unpaired) electrons. The first-order valence-electron chi connectivity index (χ1n) is 8.07. The van der Waals surface area contributed by atoms with Gasteiger partial charge in [0.1, 0.15) is 6.54 Å². The Balaban J connectivity index is 1.56. The van der Waals surface area contributed by atoms with Crippen LogP contribution in [0.5, 0.6) is 0 Å². The Bertz CT molecular complexity index is 1110. The second-order valence-corrected chi connectivity index (χ2v) is 5.63. The zero-order valence-corrected chi connectivity index (χ0v) is 14.5. The highest BCUT2D eigenvalue weighted by Gasteiger charge is 2.17. The number of hydrogen-bond donors (Lipinski definition) is 1. The summed E-state index contributed by atoms with van der Waals surface area (Å²) in [4.78, 5) is 35.3. The number of carbonyl (C=O) groups is 2. The van der Waals surface area contributed by atoms with Crippen LogP contribution in [0.15, 0.2) is 51.7 Å². The number of hydrogen-bond acceptors (Lipinski definition) is 6. The number of anilines is 1. The third-order valence-corrected chi connectivity index (χ3v) is 3.58. The number of benzene rings is 2. The minimum absolute atomic E-state index is 0.00467. The maximum atomic E-state index is 13.5. The molecule has 8 nitrogen and oxygen atoms in total. The first kappa shape index (κ1) is 19.9. The van der Waals surface area contributed by atoms with Crippen molar-refractivity contribution in [3.05, 3.63) is 70.5 Å². The van der Waals surface area contributed by atoms with E-state index in [-0.39, 0.29) is 5.89 Å². The molecule has 0 aliphatic rings. The summed E-state index contributed by atoms with van der Waals surface area (Å²) in [6, 6.07) is 9.90. The van der Waals surface area contributed by atoms with Gasteiger partial charge in [-0.15, -0.1) is 5.10 Å². The molecule has 3 rings (SSSR count). The van der Waals surface area contributed by atoms with E-state index in [4.69, 9.17) is 4.42 Å². The number of aromatic nitrogens is 2. The van der Waals surface area contributed by atoms with E-state index in [1.54, 1.807) is 30.3 Å². The molecule has 3 aromatic rings. The first-order chi connectivity index (χ1) is 13.8. The van der Waals surface area contributed by atoms with Gasteiger partial charge in [-0.2, -0.15) is 4.68 Å². The van der Waals surface area contributed by atoms with Crippen LogP contribution in [0.4, 0.5) is 18.9 Å². The van der Waals surface area contributed by atoms with Crippen LogP contribution in [0.2, 0.25) is 0 Å². The fraction of sp³-hybridized carbons (Fsp3) is 0.111. The zero-order chi connectivity index (χ0) is 21.0. The molecule has 0 atom stereocenters. The van der Waals surface area contributed by atoms with Crippen molar-refractivity contribution in [2.75, 3.05) is 11.9 Å². The Kier molecular flexibility index (Phi) is 5.77. The lowest BCUT2D eigenvalue weighted by Gasteiger charge is -2.08. The summed E-state index contributed by atoms with van der Waals surface area (Å²) in [6.45, 7) is -1.49. The lowest BCUT2D eigenvalue weighted by molar-refractivity contribution is -0.148. The molecule has 1 amide bonds. The van der Waals surface area contributed by atoms with E-state index in [0.29, 0.717) is 16.3 Å². The van der Waals surface area contributed by atoms with Crippen molar-refractivity contribution in [2.24, 2.45) is 0 Å². The van der Waals surface area contributed by atoms with Crippen LogP contribution in [0, 0.1) is 17.5 Å². The number of nitrogens with zero attached hydrogens (tertiary/aromatic N) is 2. The highest BCUT2D eigenvalue weighted by Crippen LogP contribution is 2.19. The van der Waals surface area contributed by atoms with Gasteiger partial charge in [0.05, 0.1) is 5.69 Å². The van der Waals surface area contributed by atoms with Crippen LogP contribution in [-0.4, -0.2) is 28.3 Å². The van der Waals surface area contributed by atoms with Crippen molar-refractivity contribution in [3.8, 4) is 11.5 Å². The molecule has 0 unspecified atom stereocenters. The Morgan fingerprint density at radius 1 is 1.07 bits per heavy atom. The fourth-order valence-electron chi connectivity index (χ4n) is 2.23. The van der Waals surface area contributed by atoms with E-state index in [2.05, 4.69) is 9.84 Å². The van der Waals surface area contributed by atoms with Crippen LogP contribution in [0.1, 0.15) is 0 Å². The molecule has 150 valence electrons. The quantitative estimate of drug-likeness (QED) is 0.496. The minimum atomic E-state index is -1.75. The van der Waals surface area contributed by atoms with E-state index in [1.165, 1.54) is 0 Å². The molecule has 0 saturated carbocycles. The molecule has 0 aliphatic heterocycles. The van der Waals surface area contributed by atoms with Crippen molar-refractivity contribution in [1.82, 2.24) is 9.78 Å². The molecule has 29 heavy (non-hydrogen) atoms. The van der Waals surface area contributed by atoms with Gasteiger partial charge in [0.25, 0.3) is 5.91 Å². The van der Waals surface area contributed by atoms with Gasteiger partial charge in [-0.25, -0.2) is 18.0 Å². The average molecular weight is 407 g/mol. The molecule has 0 spiro atoms. The number of esters is 1. The maximum Gasteiger partial charge on any atom is 0.437 e. The molecular weight excluding hydrogens is 395 g/mol. The van der Waals surface area contributed by atoms with Crippen molar-refractivity contribution in [2.45, 2.75) is 6.54 Å². The molecule has 0 saturated heterocycles. The summed E-state index contributed by atoms with van der Waals surface area (Å²) in [5.41, 5.74) is -0.102. The number of halogens is 3. The summed E-state index contributed by atoms with van der Waals surface area (Å²) in [7, 11) is 0. The van der Waals surface area contributed by atoms with E-state index in [9.17, 15) is 27.6 Å². The first-order valence-corrected chi connectivity index (χ1v) is 8.07. The van der Waals surface area contributed by atoms with Gasteiger partial charge in [0, 0.05) is 5.56 Å². The molecular formula is C18H12F3N3O5. The Morgan fingerprint density at radius 3 is 2.52 bits per heavy atom. The third-order valence-electron chi connectivity index (χ3n) is 3.58. The largest absolute Gasteiger partial charge is 0.454 e. The summed E-state index contributed by atoms with van der Waals surface area (Å²) < 4.78 is 49.8. The third kappa shape index (κ3) is 4.69. The SMILES string of the molecule is O=C(COC(=O)Cn1nc(-c2ccccc2)oc1=O)Nc1ccc(F)c(F)c1F. The lowest BCUT2D eigenvalue weighted by Crippen LogP contribution is -2.26. The summed E-state index contributed by atoms with van der Waals surface area (Å²) in [5, 5.41) is 5.79. The summed E-state index contributed by atoms with van der Waals surface area (Å²) in [5.74, 6) is -7.67. The molecule has 0 bridgehead atoms. The van der Waals surface area contributed by atoms with E-state index >= 15 is 0 Å². The molecule has 2 aromatic carbocycles. The second kappa shape index (κ2) is 8.42. The number of ether oxygens (including phenoxy) is 1. The molecule has 0 fully saturated rings. The van der Waals surface area contributed by atoms with Crippen molar-refractivity contribution < 1.29 is 31.9 Å². The summed E-state index contributed by atoms with van der Waals surface area (Å²) >= 11 is 0. The summed E-state index contributed by atoms with van der Waals surface area (Å²) in [6.07, 6.45) is 0. The van der Waals surface area contributed by atoms with Gasteiger partial charge in [-0.05, 0) is 24.3 Å². The van der Waals surface area contributed by atoms with Gasteiger partial charge >= 0.3 is 11.7 Å². The normalized spacial score (nSPS) is 10.6. The lowest BCUT2D eigenvalue weighted by atomic mass is 10.2. The molecule has 0 aliphatic carbocycles. The van der Waals surface area contributed by atoms with Gasteiger partial charge in [-0.1, -0.05) is 18.2 Å². The van der Waals surface area contributed by atoms with Crippen LogP contribution in [0.25, 0.3) is 11.5 Å². The van der Waals surface area contributed by atoms with E-state index in [1.807, 2.05) is 5.32 Å². The number of nitrogens with one attached hydrogen (secondary N) is 1. The van der Waals surface area contributed by atoms with Crippen LogP contribution in [0.3, 0.4) is 0 Å². The van der Waals surface area contributed by atoms with Crippen molar-refractivity contribution in [1.29, 1.82) is 0 Å². The topological polar surface area (TPSA) is 103 Å². The van der Waals surface area contributed by atoms with Crippen LogP contribution >= 0.6 is 0 Å². The minimum Gasteiger partial charge on any atom is -0.454 e. The predicted molar refractivity (Wildman–Crippen MR) is 92.1 cm³/mol. The predicted octanol–water partition coefficient (Wildman–Crippen LogP) is 2.10.